The van der Waals surface area contributed by atoms with E-state index in [9.17, 15) is 4.79 Å². The van der Waals surface area contributed by atoms with E-state index in [0.717, 1.165) is 11.5 Å². The number of furan rings is 1. The van der Waals surface area contributed by atoms with Crippen molar-refractivity contribution in [2.24, 2.45) is 7.05 Å². The molecule has 0 aliphatic carbocycles. The Morgan fingerprint density at radius 1 is 1.58 bits per heavy atom. The molecule has 2 aromatic heterocycles. The largest absolute Gasteiger partial charge is 0.469 e. The Bertz CT molecular complexity index is 557. The van der Waals surface area contributed by atoms with Gasteiger partial charge in [0.2, 0.25) is 0 Å². The van der Waals surface area contributed by atoms with Crippen molar-refractivity contribution >= 4 is 11.6 Å². The number of nitrogens with two attached hydrogens (primary N) is 1. The van der Waals surface area contributed by atoms with E-state index in [1.54, 1.807) is 13.3 Å². The Hall–Kier alpha value is -2.24. The highest BCUT2D eigenvalue weighted by Crippen LogP contribution is 2.16. The van der Waals surface area contributed by atoms with Gasteiger partial charge in [0, 0.05) is 20.0 Å². The zero-order chi connectivity index (χ0) is 13.8. The van der Waals surface area contributed by atoms with Crippen molar-refractivity contribution in [1.29, 1.82) is 0 Å². The summed E-state index contributed by atoms with van der Waals surface area (Å²) >= 11 is 0. The van der Waals surface area contributed by atoms with Gasteiger partial charge in [-0.25, -0.2) is 0 Å². The maximum atomic E-state index is 12.1. The van der Waals surface area contributed by atoms with Gasteiger partial charge in [-0.05, 0) is 18.6 Å². The highest BCUT2D eigenvalue weighted by Gasteiger charge is 2.18. The summed E-state index contributed by atoms with van der Waals surface area (Å²) in [6, 6.07) is 3.70. The van der Waals surface area contributed by atoms with Gasteiger partial charge >= 0.3 is 0 Å². The highest BCUT2D eigenvalue weighted by atomic mass is 16.3. The minimum Gasteiger partial charge on any atom is -0.469 e. The second-order valence-corrected chi connectivity index (χ2v) is 4.27. The molecule has 0 fully saturated rings. The lowest BCUT2D eigenvalue weighted by Crippen LogP contribution is -2.28. The van der Waals surface area contributed by atoms with E-state index in [1.807, 2.05) is 19.1 Å². The van der Waals surface area contributed by atoms with Crippen LogP contribution in [0.3, 0.4) is 0 Å². The molecule has 0 spiro atoms. The first kappa shape index (κ1) is 13.2. The Morgan fingerprint density at radius 3 is 2.95 bits per heavy atom. The molecule has 0 aromatic carbocycles. The average Bonchev–Trinajstić information content (AvgIpc) is 2.97. The summed E-state index contributed by atoms with van der Waals surface area (Å²) in [4.78, 5) is 12.1. The summed E-state index contributed by atoms with van der Waals surface area (Å²) in [5.41, 5.74) is 7.54. The van der Waals surface area contributed by atoms with E-state index >= 15 is 0 Å². The molecule has 2 aromatic rings. The fourth-order valence-electron chi connectivity index (χ4n) is 1.96. The number of amides is 1. The average molecular weight is 262 g/mol. The molecule has 0 bridgehead atoms. The molecule has 2 rings (SSSR count). The number of nitrogen functional groups attached to an aromatic ring is 1. The molecule has 2 heterocycles. The van der Waals surface area contributed by atoms with Crippen molar-refractivity contribution < 1.29 is 9.21 Å². The first-order valence-electron chi connectivity index (χ1n) is 6.25. The lowest BCUT2D eigenvalue weighted by atomic mass is 10.2. The van der Waals surface area contributed by atoms with Crippen LogP contribution in [0.5, 0.6) is 0 Å². The molecule has 0 atom stereocenters. The number of carbonyl (C=O) groups excluding carboxylic acids is 1. The van der Waals surface area contributed by atoms with Crippen LogP contribution in [0.1, 0.15) is 28.9 Å². The quantitative estimate of drug-likeness (QED) is 0.845. The van der Waals surface area contributed by atoms with Crippen LogP contribution in [0.4, 0.5) is 5.69 Å². The summed E-state index contributed by atoms with van der Waals surface area (Å²) in [5.74, 6) is 0.631. The van der Waals surface area contributed by atoms with Gasteiger partial charge in [-0.1, -0.05) is 6.92 Å². The van der Waals surface area contributed by atoms with Gasteiger partial charge in [-0.3, -0.25) is 9.48 Å². The van der Waals surface area contributed by atoms with Crippen molar-refractivity contribution in [3.63, 3.8) is 0 Å². The minimum absolute atomic E-state index is 0.209. The van der Waals surface area contributed by atoms with E-state index in [-0.39, 0.29) is 5.91 Å². The molecule has 1 amide bonds. The maximum absolute atomic E-state index is 12.1. The molecule has 102 valence electrons. The van der Waals surface area contributed by atoms with Gasteiger partial charge in [-0.15, -0.1) is 0 Å². The topological polar surface area (TPSA) is 86.1 Å². The van der Waals surface area contributed by atoms with Gasteiger partial charge in [0.05, 0.1) is 17.6 Å². The second-order valence-electron chi connectivity index (χ2n) is 4.27. The van der Waals surface area contributed by atoms with E-state index in [1.165, 1.54) is 4.68 Å². The third-order valence-corrected chi connectivity index (χ3v) is 2.95. The lowest BCUT2D eigenvalue weighted by molar-refractivity contribution is 0.0945. The SMILES string of the molecule is CCc1nn(C)c(C(=O)NCCc2ccco2)c1N. The molecule has 0 aliphatic heterocycles. The van der Waals surface area contributed by atoms with E-state index in [2.05, 4.69) is 10.4 Å². The first-order chi connectivity index (χ1) is 9.13. The number of aromatic nitrogens is 2. The molecule has 19 heavy (non-hydrogen) atoms. The fraction of sp³-hybridized carbons (Fsp3) is 0.385. The van der Waals surface area contributed by atoms with E-state index < -0.39 is 0 Å². The van der Waals surface area contributed by atoms with Crippen LogP contribution < -0.4 is 11.1 Å². The van der Waals surface area contributed by atoms with Crippen LogP contribution in [0.25, 0.3) is 0 Å². The summed E-state index contributed by atoms with van der Waals surface area (Å²) in [5, 5.41) is 7.04. The first-order valence-corrected chi connectivity index (χ1v) is 6.25. The van der Waals surface area contributed by atoms with Crippen LogP contribution in [0.15, 0.2) is 22.8 Å². The fourth-order valence-corrected chi connectivity index (χ4v) is 1.96. The molecular formula is C13H18N4O2. The van der Waals surface area contributed by atoms with E-state index in [4.69, 9.17) is 10.2 Å². The Kier molecular flexibility index (Phi) is 3.89. The highest BCUT2D eigenvalue weighted by molar-refractivity contribution is 5.97. The van der Waals surface area contributed by atoms with Gasteiger partial charge in [0.1, 0.15) is 11.5 Å². The van der Waals surface area contributed by atoms with Crippen LogP contribution in [0.2, 0.25) is 0 Å². The molecule has 0 unspecified atom stereocenters. The third-order valence-electron chi connectivity index (χ3n) is 2.95. The van der Waals surface area contributed by atoms with Crippen LogP contribution >= 0.6 is 0 Å². The molecule has 0 aliphatic rings. The van der Waals surface area contributed by atoms with Crippen molar-refractivity contribution in [2.45, 2.75) is 19.8 Å². The predicted molar refractivity (Wildman–Crippen MR) is 71.7 cm³/mol. The molecule has 0 saturated carbocycles. The molecule has 6 heteroatoms. The number of nitrogens with zero attached hydrogens (tertiary/aromatic N) is 2. The standard InChI is InChI=1S/C13H18N4O2/c1-3-10-11(14)12(17(2)16-10)13(18)15-7-6-9-5-4-8-19-9/h4-5,8H,3,6-7,14H2,1-2H3,(H,15,18). The molecular weight excluding hydrogens is 244 g/mol. The number of rotatable bonds is 5. The molecule has 3 N–H and O–H groups in total. The number of hydrogen-bond acceptors (Lipinski definition) is 4. The Labute approximate surface area is 111 Å². The smallest absolute Gasteiger partial charge is 0.271 e. The van der Waals surface area contributed by atoms with Crippen LogP contribution in [0, 0.1) is 0 Å². The van der Waals surface area contributed by atoms with Crippen LogP contribution in [-0.2, 0) is 19.9 Å². The molecule has 0 radical (unpaired) electrons. The predicted octanol–water partition coefficient (Wildman–Crippen LogP) is 1.13. The summed E-state index contributed by atoms with van der Waals surface area (Å²) in [6.07, 6.45) is 2.97. The minimum atomic E-state index is -0.209. The maximum Gasteiger partial charge on any atom is 0.271 e. The number of anilines is 1. The Morgan fingerprint density at radius 2 is 2.37 bits per heavy atom. The monoisotopic (exact) mass is 262 g/mol. The van der Waals surface area contributed by atoms with Gasteiger partial charge in [-0.2, -0.15) is 5.10 Å². The summed E-state index contributed by atoms with van der Waals surface area (Å²) in [7, 11) is 1.72. The van der Waals surface area contributed by atoms with Gasteiger partial charge in [0.25, 0.3) is 5.91 Å². The number of carbonyl (C=O) groups is 1. The summed E-state index contributed by atoms with van der Waals surface area (Å²) < 4.78 is 6.72. The zero-order valence-electron chi connectivity index (χ0n) is 11.1. The molecule has 0 saturated heterocycles. The van der Waals surface area contributed by atoms with Crippen molar-refractivity contribution in [2.75, 3.05) is 12.3 Å². The number of aryl methyl sites for hydroxylation is 2. The van der Waals surface area contributed by atoms with Gasteiger partial charge in [0.15, 0.2) is 0 Å². The molecule has 6 nitrogen and oxygen atoms in total. The Balaban J connectivity index is 1.98. The van der Waals surface area contributed by atoms with E-state index in [0.29, 0.717) is 30.8 Å². The van der Waals surface area contributed by atoms with Gasteiger partial charge < -0.3 is 15.5 Å². The van der Waals surface area contributed by atoms with Crippen molar-refractivity contribution in [3.05, 3.63) is 35.5 Å². The zero-order valence-corrected chi connectivity index (χ0v) is 11.1. The third kappa shape index (κ3) is 2.78. The van der Waals surface area contributed by atoms with Crippen molar-refractivity contribution in [3.8, 4) is 0 Å². The normalized spacial score (nSPS) is 10.6. The number of nitrogens with one attached hydrogen (secondary N) is 1. The lowest BCUT2D eigenvalue weighted by Gasteiger charge is -2.05. The summed E-state index contributed by atoms with van der Waals surface area (Å²) in [6.45, 7) is 2.45. The van der Waals surface area contributed by atoms with Crippen LogP contribution in [-0.4, -0.2) is 22.2 Å². The number of hydrogen-bond donors (Lipinski definition) is 2. The second kappa shape index (κ2) is 5.60. The van der Waals surface area contributed by atoms with Crippen molar-refractivity contribution in [1.82, 2.24) is 15.1 Å².